The molecule has 0 saturated heterocycles. The fourth-order valence-electron chi connectivity index (χ4n) is 3.38. The quantitative estimate of drug-likeness (QED) is 0.404. The Labute approximate surface area is 177 Å². The average Bonchev–Trinajstić information content (AvgIpc) is 2.65. The molecule has 1 aromatic heterocycles. The van der Waals surface area contributed by atoms with Crippen LogP contribution in [0, 0.1) is 6.92 Å². The number of nitrogens with zero attached hydrogens (tertiary/aromatic N) is 1. The molecule has 0 amide bonds. The van der Waals surface area contributed by atoms with Crippen LogP contribution in [-0.4, -0.2) is 22.3 Å². The number of rotatable bonds is 8. The smallest absolute Gasteiger partial charge is 0.357 e. The van der Waals surface area contributed by atoms with E-state index in [4.69, 9.17) is 9.05 Å². The van der Waals surface area contributed by atoms with Gasteiger partial charge in [-0.25, -0.2) is 4.98 Å². The third-order valence-electron chi connectivity index (χ3n) is 4.43. The third-order valence-corrected chi connectivity index (χ3v) is 6.88. The number of benzene rings is 2. The number of aryl methyl sites for hydroxylation is 1. The zero-order valence-corrected chi connectivity index (χ0v) is 18.9. The first kappa shape index (κ1) is 22.3. The van der Waals surface area contributed by atoms with Gasteiger partial charge in [-0.05, 0) is 63.6 Å². The summed E-state index contributed by atoms with van der Waals surface area (Å²) in [6.07, 6.45) is -0.692. The maximum Gasteiger partial charge on any atom is 0.357 e. The van der Waals surface area contributed by atoms with Gasteiger partial charge >= 0.3 is 7.60 Å². The summed E-state index contributed by atoms with van der Waals surface area (Å²) >= 11 is 0. The Morgan fingerprint density at radius 3 is 2.23 bits per heavy atom. The molecule has 0 fully saturated rings. The van der Waals surface area contributed by atoms with Gasteiger partial charge < -0.3 is 19.5 Å². The summed E-state index contributed by atoms with van der Waals surface area (Å²) in [5.74, 6) is -0.422. The van der Waals surface area contributed by atoms with Crippen molar-refractivity contribution in [2.24, 2.45) is 0 Å². The highest BCUT2D eigenvalue weighted by Crippen LogP contribution is 2.64. The fraction of sp³-hybridized carbons (Fsp3) is 0.348. The first-order valence-corrected chi connectivity index (χ1v) is 11.7. The van der Waals surface area contributed by atoms with Gasteiger partial charge in [0.15, 0.2) is 5.78 Å². The molecule has 2 aromatic carbocycles. The van der Waals surface area contributed by atoms with E-state index in [1.165, 1.54) is 0 Å². The first-order valence-electron chi connectivity index (χ1n) is 10.1. The van der Waals surface area contributed by atoms with Gasteiger partial charge in [-0.2, -0.15) is 0 Å². The lowest BCUT2D eigenvalue weighted by Crippen LogP contribution is -2.20. The normalized spacial score (nSPS) is 13.2. The van der Waals surface area contributed by atoms with Crippen LogP contribution in [0.15, 0.2) is 54.6 Å². The molecule has 3 rings (SSSR count). The van der Waals surface area contributed by atoms with E-state index in [2.05, 4.69) is 10.3 Å². The molecule has 1 heterocycles. The van der Waals surface area contributed by atoms with Crippen LogP contribution in [0.1, 0.15) is 44.7 Å². The largest absolute Gasteiger partial charge is 0.508 e. The molecule has 0 radical (unpaired) electrons. The molecule has 160 valence electrons. The number of phenolic OH excluding ortho intramolecular Hbond substituents is 1. The number of aromatic nitrogens is 1. The van der Waals surface area contributed by atoms with Crippen molar-refractivity contribution in [1.82, 2.24) is 4.98 Å². The summed E-state index contributed by atoms with van der Waals surface area (Å²) in [4.78, 5) is 4.50. The van der Waals surface area contributed by atoms with E-state index in [1.54, 1.807) is 39.8 Å². The third kappa shape index (κ3) is 5.01. The molecular weight excluding hydrogens is 399 g/mol. The molecule has 0 spiro atoms. The summed E-state index contributed by atoms with van der Waals surface area (Å²) in [7, 11) is -3.79. The molecule has 1 atom stereocenters. The second kappa shape index (κ2) is 9.17. The zero-order chi connectivity index (χ0) is 21.9. The van der Waals surface area contributed by atoms with Crippen molar-refractivity contribution in [3.05, 3.63) is 65.9 Å². The van der Waals surface area contributed by atoms with E-state index in [9.17, 15) is 9.67 Å². The monoisotopic (exact) mass is 428 g/mol. The van der Waals surface area contributed by atoms with Crippen LogP contribution >= 0.6 is 7.60 Å². The second-order valence-corrected chi connectivity index (χ2v) is 9.80. The van der Waals surface area contributed by atoms with Crippen LogP contribution in [0.5, 0.6) is 5.75 Å². The maximum absolute atomic E-state index is 14.2. The van der Waals surface area contributed by atoms with Crippen LogP contribution in [0.3, 0.4) is 0 Å². The molecule has 30 heavy (non-hydrogen) atoms. The number of anilines is 1. The molecular formula is C23H29N2O4P. The summed E-state index contributed by atoms with van der Waals surface area (Å²) in [5.41, 5.74) is 1.27. The molecule has 6 nitrogen and oxygen atoms in total. The summed E-state index contributed by atoms with van der Waals surface area (Å²) in [6, 6.07) is 16.6. The van der Waals surface area contributed by atoms with E-state index in [0.29, 0.717) is 11.4 Å². The van der Waals surface area contributed by atoms with Gasteiger partial charge in [-0.3, -0.25) is 4.57 Å². The van der Waals surface area contributed by atoms with E-state index in [-0.39, 0.29) is 18.0 Å². The van der Waals surface area contributed by atoms with E-state index in [0.717, 1.165) is 16.5 Å². The van der Waals surface area contributed by atoms with Gasteiger partial charge in [0.05, 0.1) is 12.2 Å². The number of nitrogens with one attached hydrogen (secondary N) is 1. The highest BCUT2D eigenvalue weighted by Gasteiger charge is 2.42. The number of phenols is 1. The molecule has 0 bridgehead atoms. The maximum atomic E-state index is 14.2. The standard InChI is InChI=1S/C23H29N2O4P/c1-15(2)28-30(27,29-16(3)4)23(25-21-12-8-9-17(5)24-21)22-19-11-7-6-10-18(19)13-14-20(22)26/h6-16,23,26H,1-5H3,(H,24,25). The van der Waals surface area contributed by atoms with Crippen molar-refractivity contribution in [1.29, 1.82) is 0 Å². The number of hydrogen-bond acceptors (Lipinski definition) is 6. The van der Waals surface area contributed by atoms with E-state index in [1.807, 2.05) is 49.4 Å². The highest BCUT2D eigenvalue weighted by molar-refractivity contribution is 7.54. The molecule has 2 N–H and O–H groups in total. The van der Waals surface area contributed by atoms with Crippen molar-refractivity contribution in [2.75, 3.05) is 5.32 Å². The van der Waals surface area contributed by atoms with Gasteiger partial charge in [0.2, 0.25) is 0 Å². The van der Waals surface area contributed by atoms with Crippen molar-refractivity contribution >= 4 is 24.2 Å². The van der Waals surface area contributed by atoms with Crippen LogP contribution in [0.2, 0.25) is 0 Å². The van der Waals surface area contributed by atoms with Crippen LogP contribution < -0.4 is 5.32 Å². The Kier molecular flexibility index (Phi) is 6.81. The predicted octanol–water partition coefficient (Wildman–Crippen LogP) is 6.40. The first-order chi connectivity index (χ1) is 14.2. The molecule has 1 unspecified atom stereocenters. The van der Waals surface area contributed by atoms with Crippen LogP contribution in [0.25, 0.3) is 10.8 Å². The Bertz CT molecular complexity index is 1050. The summed E-state index contributed by atoms with van der Waals surface area (Å²) in [5, 5.41) is 15.8. The van der Waals surface area contributed by atoms with Crippen molar-refractivity contribution in [2.45, 2.75) is 52.6 Å². The molecule has 0 saturated carbocycles. The van der Waals surface area contributed by atoms with Gasteiger partial charge in [0, 0.05) is 11.3 Å². The molecule has 3 aromatic rings. The minimum atomic E-state index is -3.79. The lowest BCUT2D eigenvalue weighted by Gasteiger charge is -2.32. The van der Waals surface area contributed by atoms with Crippen LogP contribution in [-0.2, 0) is 13.6 Å². The molecule has 0 aliphatic heterocycles. The van der Waals surface area contributed by atoms with Gasteiger partial charge in [-0.15, -0.1) is 0 Å². The molecule has 0 aliphatic rings. The topological polar surface area (TPSA) is 80.7 Å². The second-order valence-electron chi connectivity index (χ2n) is 7.78. The Morgan fingerprint density at radius 1 is 0.933 bits per heavy atom. The van der Waals surface area contributed by atoms with E-state index < -0.39 is 13.4 Å². The Balaban J connectivity index is 2.24. The lowest BCUT2D eigenvalue weighted by molar-refractivity contribution is 0.138. The van der Waals surface area contributed by atoms with Crippen molar-refractivity contribution in [3.63, 3.8) is 0 Å². The zero-order valence-electron chi connectivity index (χ0n) is 18.0. The molecule has 7 heteroatoms. The van der Waals surface area contributed by atoms with Gasteiger partial charge in [0.1, 0.15) is 11.6 Å². The van der Waals surface area contributed by atoms with Crippen molar-refractivity contribution < 1.29 is 18.7 Å². The van der Waals surface area contributed by atoms with Crippen molar-refractivity contribution in [3.8, 4) is 5.75 Å². The van der Waals surface area contributed by atoms with E-state index >= 15 is 0 Å². The summed E-state index contributed by atoms with van der Waals surface area (Å²) in [6.45, 7) is 9.11. The minimum absolute atomic E-state index is 0.0128. The summed E-state index contributed by atoms with van der Waals surface area (Å²) < 4.78 is 26.0. The number of fused-ring (bicyclic) bond motifs is 1. The molecule has 0 aliphatic carbocycles. The Hall–Kier alpha value is -2.40. The average molecular weight is 428 g/mol. The lowest BCUT2D eigenvalue weighted by atomic mass is 10.0. The SMILES string of the molecule is Cc1cccc(NC(c2c(O)ccc3ccccc23)P(=O)(OC(C)C)OC(C)C)n1. The fourth-order valence-corrected chi connectivity index (χ4v) is 5.73. The number of aromatic hydroxyl groups is 1. The predicted molar refractivity (Wildman–Crippen MR) is 121 cm³/mol. The van der Waals surface area contributed by atoms with Gasteiger partial charge in [0.25, 0.3) is 0 Å². The number of hydrogen-bond donors (Lipinski definition) is 2. The minimum Gasteiger partial charge on any atom is -0.508 e. The highest BCUT2D eigenvalue weighted by atomic mass is 31.2. The van der Waals surface area contributed by atoms with Gasteiger partial charge in [-0.1, -0.05) is 36.4 Å². The number of pyridine rings is 1. The Morgan fingerprint density at radius 2 is 1.60 bits per heavy atom. The van der Waals surface area contributed by atoms with Crippen LogP contribution in [0.4, 0.5) is 5.82 Å².